The fourth-order valence-electron chi connectivity index (χ4n) is 3.92. The average molecular weight is 332 g/mol. The lowest BCUT2D eigenvalue weighted by molar-refractivity contribution is 0.0741. The van der Waals surface area contributed by atoms with E-state index >= 15 is 0 Å². The summed E-state index contributed by atoms with van der Waals surface area (Å²) in [6.07, 6.45) is 4.62. The predicted octanol–water partition coefficient (Wildman–Crippen LogP) is 2.41. The van der Waals surface area contributed by atoms with Gasteiger partial charge in [-0.25, -0.2) is 0 Å². The van der Waals surface area contributed by atoms with E-state index in [1.165, 1.54) is 44.5 Å². The first-order valence-corrected chi connectivity index (χ1v) is 9.57. The maximum atomic E-state index is 10.3. The Kier molecular flexibility index (Phi) is 6.52. The SMILES string of the molecule is CCc1ccc(OCC(O)CN2CCC(CN3CCCC3)C2)cc1. The molecule has 0 aromatic heterocycles. The third kappa shape index (κ3) is 5.20. The van der Waals surface area contributed by atoms with Crippen molar-refractivity contribution in [2.24, 2.45) is 5.92 Å². The Morgan fingerprint density at radius 1 is 1.12 bits per heavy atom. The van der Waals surface area contributed by atoms with Crippen molar-refractivity contribution in [3.8, 4) is 5.75 Å². The van der Waals surface area contributed by atoms with Gasteiger partial charge in [-0.2, -0.15) is 0 Å². The van der Waals surface area contributed by atoms with E-state index in [4.69, 9.17) is 4.74 Å². The van der Waals surface area contributed by atoms with Gasteiger partial charge in [-0.1, -0.05) is 19.1 Å². The van der Waals surface area contributed by atoms with E-state index < -0.39 is 6.10 Å². The Hall–Kier alpha value is -1.10. The predicted molar refractivity (Wildman–Crippen MR) is 97.5 cm³/mol. The molecule has 1 aromatic rings. The molecule has 0 amide bonds. The molecule has 0 radical (unpaired) electrons. The van der Waals surface area contributed by atoms with Gasteiger partial charge in [-0.15, -0.1) is 0 Å². The molecule has 2 atom stereocenters. The number of aliphatic hydroxyl groups excluding tert-OH is 1. The molecule has 2 heterocycles. The van der Waals surface area contributed by atoms with Crippen LogP contribution in [0.4, 0.5) is 0 Å². The fourth-order valence-corrected chi connectivity index (χ4v) is 3.92. The molecule has 2 saturated heterocycles. The summed E-state index contributed by atoms with van der Waals surface area (Å²) in [7, 11) is 0. The quantitative estimate of drug-likeness (QED) is 0.793. The van der Waals surface area contributed by atoms with Gasteiger partial charge in [0, 0.05) is 19.6 Å². The van der Waals surface area contributed by atoms with Gasteiger partial charge in [0.15, 0.2) is 0 Å². The number of β-amino-alcohol motifs (C(OH)–C–C–N with tert-alkyl or cyclic N) is 1. The molecule has 0 saturated carbocycles. The maximum Gasteiger partial charge on any atom is 0.119 e. The fraction of sp³-hybridized carbons (Fsp3) is 0.700. The largest absolute Gasteiger partial charge is 0.491 e. The Balaban J connectivity index is 1.34. The topological polar surface area (TPSA) is 35.9 Å². The van der Waals surface area contributed by atoms with E-state index in [1.807, 2.05) is 12.1 Å². The van der Waals surface area contributed by atoms with Crippen LogP contribution in [0.1, 0.15) is 31.7 Å². The van der Waals surface area contributed by atoms with Crippen molar-refractivity contribution < 1.29 is 9.84 Å². The van der Waals surface area contributed by atoms with Gasteiger partial charge in [-0.05, 0) is 68.9 Å². The average Bonchev–Trinajstić information content (AvgIpc) is 3.26. The number of ether oxygens (including phenoxy) is 1. The summed E-state index contributed by atoms with van der Waals surface area (Å²) >= 11 is 0. The summed E-state index contributed by atoms with van der Waals surface area (Å²) in [5.41, 5.74) is 1.31. The molecular formula is C20H32N2O2. The highest BCUT2D eigenvalue weighted by atomic mass is 16.5. The minimum absolute atomic E-state index is 0.374. The maximum absolute atomic E-state index is 10.3. The molecule has 0 aliphatic carbocycles. The molecule has 0 spiro atoms. The number of hydrogen-bond acceptors (Lipinski definition) is 4. The molecule has 3 rings (SSSR count). The van der Waals surface area contributed by atoms with E-state index in [9.17, 15) is 5.11 Å². The van der Waals surface area contributed by atoms with Gasteiger partial charge in [0.1, 0.15) is 18.5 Å². The lowest BCUT2D eigenvalue weighted by Crippen LogP contribution is -2.35. The van der Waals surface area contributed by atoms with Gasteiger partial charge >= 0.3 is 0 Å². The summed E-state index contributed by atoms with van der Waals surface area (Å²) in [5, 5.41) is 10.3. The van der Waals surface area contributed by atoms with Gasteiger partial charge in [0.05, 0.1) is 0 Å². The van der Waals surface area contributed by atoms with Crippen molar-refractivity contribution in [2.45, 2.75) is 38.7 Å². The molecule has 2 unspecified atom stereocenters. The van der Waals surface area contributed by atoms with Crippen LogP contribution in [0, 0.1) is 5.92 Å². The second-order valence-corrected chi connectivity index (χ2v) is 7.38. The summed E-state index contributed by atoms with van der Waals surface area (Å²) < 4.78 is 5.73. The summed E-state index contributed by atoms with van der Waals surface area (Å²) in [6, 6.07) is 8.16. The first-order valence-electron chi connectivity index (χ1n) is 9.57. The van der Waals surface area contributed by atoms with Crippen LogP contribution in [0.2, 0.25) is 0 Å². The normalized spacial score (nSPS) is 23.7. The van der Waals surface area contributed by atoms with Gasteiger partial charge in [0.25, 0.3) is 0 Å². The monoisotopic (exact) mass is 332 g/mol. The third-order valence-electron chi connectivity index (χ3n) is 5.33. The van der Waals surface area contributed by atoms with Crippen molar-refractivity contribution in [3.05, 3.63) is 29.8 Å². The van der Waals surface area contributed by atoms with Crippen molar-refractivity contribution in [2.75, 3.05) is 45.9 Å². The second-order valence-electron chi connectivity index (χ2n) is 7.38. The van der Waals surface area contributed by atoms with E-state index in [0.29, 0.717) is 6.61 Å². The zero-order valence-electron chi connectivity index (χ0n) is 15.0. The molecule has 1 aromatic carbocycles. The molecule has 2 aliphatic heterocycles. The number of aliphatic hydroxyl groups is 1. The van der Waals surface area contributed by atoms with Crippen LogP contribution in [-0.4, -0.2) is 66.9 Å². The summed E-state index contributed by atoms with van der Waals surface area (Å²) in [5.74, 6) is 1.62. The van der Waals surface area contributed by atoms with E-state index in [2.05, 4.69) is 28.9 Å². The first-order chi connectivity index (χ1) is 11.7. The Morgan fingerprint density at radius 3 is 2.58 bits per heavy atom. The molecule has 134 valence electrons. The number of rotatable bonds is 8. The standard InChI is InChI=1S/C20H32N2O2/c1-2-17-5-7-20(8-6-17)24-16-19(23)15-22-12-9-18(14-22)13-21-10-3-4-11-21/h5-8,18-19,23H,2-4,9-16H2,1H3. The van der Waals surface area contributed by atoms with Crippen LogP contribution in [0.25, 0.3) is 0 Å². The van der Waals surface area contributed by atoms with Crippen molar-refractivity contribution in [3.63, 3.8) is 0 Å². The highest BCUT2D eigenvalue weighted by Crippen LogP contribution is 2.20. The van der Waals surface area contributed by atoms with E-state index in [1.54, 1.807) is 0 Å². The highest BCUT2D eigenvalue weighted by Gasteiger charge is 2.26. The van der Waals surface area contributed by atoms with Crippen molar-refractivity contribution in [1.82, 2.24) is 9.80 Å². The lowest BCUT2D eigenvalue weighted by Gasteiger charge is -2.22. The number of aryl methyl sites for hydroxylation is 1. The van der Waals surface area contributed by atoms with Crippen molar-refractivity contribution in [1.29, 1.82) is 0 Å². The smallest absolute Gasteiger partial charge is 0.119 e. The lowest BCUT2D eigenvalue weighted by atomic mass is 10.1. The van der Waals surface area contributed by atoms with Crippen LogP contribution in [0.5, 0.6) is 5.75 Å². The van der Waals surface area contributed by atoms with Crippen LogP contribution in [-0.2, 0) is 6.42 Å². The van der Waals surface area contributed by atoms with E-state index in [-0.39, 0.29) is 0 Å². The Labute approximate surface area is 146 Å². The third-order valence-corrected chi connectivity index (χ3v) is 5.33. The van der Waals surface area contributed by atoms with Crippen LogP contribution in [0.3, 0.4) is 0 Å². The number of nitrogens with zero attached hydrogens (tertiary/aromatic N) is 2. The Morgan fingerprint density at radius 2 is 1.88 bits per heavy atom. The highest BCUT2D eigenvalue weighted by molar-refractivity contribution is 5.27. The van der Waals surface area contributed by atoms with Gasteiger partial charge in [0.2, 0.25) is 0 Å². The number of benzene rings is 1. The molecule has 4 heteroatoms. The van der Waals surface area contributed by atoms with Crippen LogP contribution >= 0.6 is 0 Å². The molecular weight excluding hydrogens is 300 g/mol. The number of likely N-dealkylation sites (tertiary alicyclic amines) is 2. The second kappa shape index (κ2) is 8.84. The number of hydrogen-bond donors (Lipinski definition) is 1. The molecule has 2 fully saturated rings. The molecule has 1 N–H and O–H groups in total. The summed E-state index contributed by atoms with van der Waals surface area (Å²) in [4.78, 5) is 5.00. The summed E-state index contributed by atoms with van der Waals surface area (Å²) in [6.45, 7) is 9.29. The molecule has 0 bridgehead atoms. The zero-order valence-corrected chi connectivity index (χ0v) is 15.0. The van der Waals surface area contributed by atoms with E-state index in [0.717, 1.165) is 37.7 Å². The minimum atomic E-state index is -0.415. The Bertz CT molecular complexity index is 485. The molecule has 24 heavy (non-hydrogen) atoms. The first kappa shape index (κ1) is 17.7. The zero-order chi connectivity index (χ0) is 16.8. The van der Waals surface area contributed by atoms with Crippen LogP contribution < -0.4 is 4.74 Å². The minimum Gasteiger partial charge on any atom is -0.491 e. The van der Waals surface area contributed by atoms with Crippen molar-refractivity contribution >= 4 is 0 Å². The van der Waals surface area contributed by atoms with Gasteiger partial charge in [-0.3, -0.25) is 0 Å². The van der Waals surface area contributed by atoms with Crippen LogP contribution in [0.15, 0.2) is 24.3 Å². The molecule has 4 nitrogen and oxygen atoms in total. The van der Waals surface area contributed by atoms with Gasteiger partial charge < -0.3 is 19.6 Å². The molecule has 2 aliphatic rings.